The van der Waals surface area contributed by atoms with Gasteiger partial charge in [-0.2, -0.15) is 0 Å². The summed E-state index contributed by atoms with van der Waals surface area (Å²) in [6, 6.07) is 4.23. The lowest BCUT2D eigenvalue weighted by Crippen LogP contribution is -2.06. The van der Waals surface area contributed by atoms with Gasteiger partial charge in [0.2, 0.25) is 0 Å². The van der Waals surface area contributed by atoms with E-state index < -0.39 is 0 Å². The molecular formula is C12H18BrNO. The first-order chi connectivity index (χ1) is 7.11. The molecule has 0 aliphatic rings. The third-order valence-electron chi connectivity index (χ3n) is 2.66. The molecule has 1 aromatic rings. The molecule has 1 atom stereocenters. The van der Waals surface area contributed by atoms with Crippen molar-refractivity contribution >= 4 is 15.9 Å². The second kappa shape index (κ2) is 5.52. The van der Waals surface area contributed by atoms with E-state index in [-0.39, 0.29) is 0 Å². The molecule has 15 heavy (non-hydrogen) atoms. The van der Waals surface area contributed by atoms with E-state index in [9.17, 15) is 0 Å². The van der Waals surface area contributed by atoms with Crippen molar-refractivity contribution in [2.24, 2.45) is 5.73 Å². The van der Waals surface area contributed by atoms with E-state index in [1.807, 2.05) is 0 Å². The summed E-state index contributed by atoms with van der Waals surface area (Å²) in [4.78, 5) is 0. The number of rotatable bonds is 4. The molecule has 0 fully saturated rings. The highest BCUT2D eigenvalue weighted by Crippen LogP contribution is 2.36. The summed E-state index contributed by atoms with van der Waals surface area (Å²) in [5.41, 5.74) is 7.99. The van der Waals surface area contributed by atoms with Crippen LogP contribution in [0.1, 0.15) is 30.4 Å². The Morgan fingerprint density at radius 1 is 1.47 bits per heavy atom. The molecule has 0 spiro atoms. The van der Waals surface area contributed by atoms with Crippen molar-refractivity contribution in [1.29, 1.82) is 0 Å². The smallest absolute Gasteiger partial charge is 0.136 e. The summed E-state index contributed by atoms with van der Waals surface area (Å²) in [7, 11) is 1.71. The summed E-state index contributed by atoms with van der Waals surface area (Å²) in [6.07, 6.45) is 0.978. The Labute approximate surface area is 99.9 Å². The lowest BCUT2D eigenvalue weighted by atomic mass is 9.96. The summed E-state index contributed by atoms with van der Waals surface area (Å²) >= 11 is 3.55. The van der Waals surface area contributed by atoms with Crippen LogP contribution < -0.4 is 10.5 Å². The van der Waals surface area contributed by atoms with Crippen LogP contribution in [0.3, 0.4) is 0 Å². The minimum Gasteiger partial charge on any atom is -0.495 e. The second-order valence-corrected chi connectivity index (χ2v) is 4.59. The molecule has 0 amide bonds. The monoisotopic (exact) mass is 271 g/mol. The highest BCUT2D eigenvalue weighted by Gasteiger charge is 2.14. The third-order valence-corrected chi connectivity index (χ3v) is 3.64. The molecule has 1 rings (SSSR count). The fourth-order valence-corrected chi connectivity index (χ4v) is 2.19. The van der Waals surface area contributed by atoms with Gasteiger partial charge in [0.15, 0.2) is 0 Å². The van der Waals surface area contributed by atoms with Crippen molar-refractivity contribution in [2.45, 2.75) is 26.2 Å². The molecule has 0 aliphatic heterocycles. The molecule has 1 aromatic carbocycles. The number of benzene rings is 1. The van der Waals surface area contributed by atoms with Crippen LogP contribution in [0, 0.1) is 6.92 Å². The third kappa shape index (κ3) is 2.73. The first-order valence-corrected chi connectivity index (χ1v) is 5.94. The molecule has 3 heteroatoms. The topological polar surface area (TPSA) is 35.2 Å². The van der Waals surface area contributed by atoms with Gasteiger partial charge in [-0.3, -0.25) is 0 Å². The summed E-state index contributed by atoms with van der Waals surface area (Å²) in [5.74, 6) is 1.37. The molecule has 0 bridgehead atoms. The Hall–Kier alpha value is -0.540. The van der Waals surface area contributed by atoms with Gasteiger partial charge >= 0.3 is 0 Å². The number of ether oxygens (including phenoxy) is 1. The maximum Gasteiger partial charge on any atom is 0.136 e. The van der Waals surface area contributed by atoms with E-state index in [1.54, 1.807) is 7.11 Å². The van der Waals surface area contributed by atoms with Crippen LogP contribution in [0.25, 0.3) is 0 Å². The van der Waals surface area contributed by atoms with Crippen molar-refractivity contribution in [3.63, 3.8) is 0 Å². The first-order valence-electron chi connectivity index (χ1n) is 5.14. The minimum atomic E-state index is 0.432. The zero-order valence-corrected chi connectivity index (χ0v) is 11.1. The minimum absolute atomic E-state index is 0.432. The van der Waals surface area contributed by atoms with Gasteiger partial charge in [0.05, 0.1) is 11.6 Å². The number of nitrogens with two attached hydrogens (primary N) is 1. The van der Waals surface area contributed by atoms with E-state index in [0.717, 1.165) is 16.6 Å². The maximum atomic E-state index is 5.57. The van der Waals surface area contributed by atoms with E-state index in [2.05, 4.69) is 41.9 Å². The number of hydrogen-bond acceptors (Lipinski definition) is 2. The van der Waals surface area contributed by atoms with Crippen molar-refractivity contribution < 1.29 is 4.74 Å². The molecular weight excluding hydrogens is 254 g/mol. The van der Waals surface area contributed by atoms with Crippen LogP contribution in [0.4, 0.5) is 0 Å². The zero-order valence-electron chi connectivity index (χ0n) is 9.51. The lowest BCUT2D eigenvalue weighted by molar-refractivity contribution is 0.402. The van der Waals surface area contributed by atoms with Crippen molar-refractivity contribution in [2.75, 3.05) is 13.7 Å². The maximum absolute atomic E-state index is 5.57. The average molecular weight is 272 g/mol. The Morgan fingerprint density at radius 2 is 2.13 bits per heavy atom. The fraction of sp³-hybridized carbons (Fsp3) is 0.500. The Bertz CT molecular complexity index is 339. The largest absolute Gasteiger partial charge is 0.495 e. The van der Waals surface area contributed by atoms with Gasteiger partial charge in [-0.1, -0.05) is 19.1 Å². The predicted molar refractivity (Wildman–Crippen MR) is 67.5 cm³/mol. The van der Waals surface area contributed by atoms with Crippen LogP contribution in [0.5, 0.6) is 5.75 Å². The van der Waals surface area contributed by atoms with Gasteiger partial charge in [-0.05, 0) is 52.9 Å². The molecule has 2 N–H and O–H groups in total. The normalized spacial score (nSPS) is 12.6. The van der Waals surface area contributed by atoms with Gasteiger partial charge in [0.1, 0.15) is 5.75 Å². The molecule has 2 nitrogen and oxygen atoms in total. The summed E-state index contributed by atoms with van der Waals surface area (Å²) in [5, 5.41) is 0. The highest BCUT2D eigenvalue weighted by molar-refractivity contribution is 9.10. The molecule has 0 aromatic heterocycles. The molecule has 1 unspecified atom stereocenters. The number of methoxy groups -OCH3 is 1. The fourth-order valence-electron chi connectivity index (χ4n) is 1.67. The van der Waals surface area contributed by atoms with Gasteiger partial charge in [-0.15, -0.1) is 0 Å². The van der Waals surface area contributed by atoms with Crippen LogP contribution in [-0.2, 0) is 0 Å². The SMILES string of the molecule is COc1c(C(C)CCN)ccc(C)c1Br. The first kappa shape index (κ1) is 12.5. The van der Waals surface area contributed by atoms with E-state index in [0.29, 0.717) is 12.5 Å². The molecule has 0 radical (unpaired) electrons. The van der Waals surface area contributed by atoms with E-state index in [4.69, 9.17) is 10.5 Å². The van der Waals surface area contributed by atoms with Gasteiger partial charge in [0.25, 0.3) is 0 Å². The Morgan fingerprint density at radius 3 is 2.67 bits per heavy atom. The van der Waals surface area contributed by atoms with Crippen molar-refractivity contribution in [1.82, 2.24) is 0 Å². The molecule has 0 heterocycles. The average Bonchev–Trinajstić information content (AvgIpc) is 2.22. The number of aryl methyl sites for hydroxylation is 1. The quantitative estimate of drug-likeness (QED) is 0.913. The summed E-state index contributed by atoms with van der Waals surface area (Å²) in [6.45, 7) is 4.94. The summed E-state index contributed by atoms with van der Waals surface area (Å²) < 4.78 is 6.48. The molecule has 0 aliphatic carbocycles. The lowest BCUT2D eigenvalue weighted by Gasteiger charge is -2.17. The van der Waals surface area contributed by atoms with Crippen LogP contribution in [-0.4, -0.2) is 13.7 Å². The molecule has 0 saturated carbocycles. The van der Waals surface area contributed by atoms with Gasteiger partial charge < -0.3 is 10.5 Å². The molecule has 84 valence electrons. The second-order valence-electron chi connectivity index (χ2n) is 3.80. The van der Waals surface area contributed by atoms with Crippen LogP contribution in [0.2, 0.25) is 0 Å². The predicted octanol–water partition coefficient (Wildman–Crippen LogP) is 3.22. The van der Waals surface area contributed by atoms with Crippen molar-refractivity contribution in [3.05, 3.63) is 27.7 Å². The van der Waals surface area contributed by atoms with E-state index in [1.165, 1.54) is 11.1 Å². The van der Waals surface area contributed by atoms with Gasteiger partial charge in [-0.25, -0.2) is 0 Å². The number of halogens is 1. The highest BCUT2D eigenvalue weighted by atomic mass is 79.9. The standard InChI is InChI=1S/C12H18BrNO/c1-8(6-7-14)10-5-4-9(2)11(13)12(10)15-3/h4-5,8H,6-7,14H2,1-3H3. The van der Waals surface area contributed by atoms with Gasteiger partial charge in [0, 0.05) is 0 Å². The number of hydrogen-bond donors (Lipinski definition) is 1. The Balaban J connectivity index is 3.12. The van der Waals surface area contributed by atoms with Crippen LogP contribution >= 0.6 is 15.9 Å². The van der Waals surface area contributed by atoms with Crippen LogP contribution in [0.15, 0.2) is 16.6 Å². The Kier molecular flexibility index (Phi) is 4.61. The van der Waals surface area contributed by atoms with Crippen molar-refractivity contribution in [3.8, 4) is 5.75 Å². The zero-order chi connectivity index (χ0) is 11.4. The van der Waals surface area contributed by atoms with E-state index >= 15 is 0 Å². The molecule has 0 saturated heterocycles.